The van der Waals surface area contributed by atoms with Gasteiger partial charge in [0, 0.05) is 0 Å². The zero-order valence-electron chi connectivity index (χ0n) is 7.67. The van der Waals surface area contributed by atoms with Gasteiger partial charge in [0.2, 0.25) is 0 Å². The van der Waals surface area contributed by atoms with Crippen molar-refractivity contribution in [1.29, 1.82) is 0 Å². The average molecular weight is 191 g/mol. The van der Waals surface area contributed by atoms with Gasteiger partial charge in [-0.05, 0) is 31.4 Å². The molecule has 0 aliphatic rings. The second kappa shape index (κ2) is 7.43. The number of thioether (sulfide) groups is 1. The first-order valence-corrected chi connectivity index (χ1v) is 5.56. The van der Waals surface area contributed by atoms with Crippen LogP contribution in [0.2, 0.25) is 0 Å². The summed E-state index contributed by atoms with van der Waals surface area (Å²) in [5.41, 5.74) is 0. The Hall–Kier alpha value is -0.220. The third kappa shape index (κ3) is 5.43. The minimum absolute atomic E-state index is 0.364. The van der Waals surface area contributed by atoms with Crippen molar-refractivity contribution in [3.8, 4) is 0 Å². The van der Waals surface area contributed by atoms with Crippen LogP contribution in [0.5, 0.6) is 0 Å². The van der Waals surface area contributed by atoms with E-state index in [0.29, 0.717) is 6.42 Å². The van der Waals surface area contributed by atoms with Crippen LogP contribution in [-0.4, -0.2) is 35.7 Å². The summed E-state index contributed by atoms with van der Waals surface area (Å²) < 4.78 is 0. The zero-order chi connectivity index (χ0) is 9.40. The van der Waals surface area contributed by atoms with E-state index in [4.69, 9.17) is 5.11 Å². The van der Waals surface area contributed by atoms with Crippen LogP contribution >= 0.6 is 11.8 Å². The van der Waals surface area contributed by atoms with Gasteiger partial charge in [-0.1, -0.05) is 6.92 Å². The Morgan fingerprint density at radius 1 is 1.67 bits per heavy atom. The molecule has 0 aromatic rings. The summed E-state index contributed by atoms with van der Waals surface area (Å²) in [6.07, 6.45) is 3.66. The number of nitrogens with one attached hydrogen (secondary N) is 1. The van der Waals surface area contributed by atoms with Gasteiger partial charge >= 0.3 is 5.97 Å². The highest BCUT2D eigenvalue weighted by atomic mass is 32.2. The van der Waals surface area contributed by atoms with Crippen LogP contribution in [0.3, 0.4) is 0 Å². The van der Waals surface area contributed by atoms with Gasteiger partial charge in [0.15, 0.2) is 0 Å². The van der Waals surface area contributed by atoms with Gasteiger partial charge in [0.05, 0.1) is 0 Å². The molecule has 4 heteroatoms. The van der Waals surface area contributed by atoms with E-state index in [1.807, 2.05) is 13.2 Å². The van der Waals surface area contributed by atoms with Crippen molar-refractivity contribution in [3.63, 3.8) is 0 Å². The summed E-state index contributed by atoms with van der Waals surface area (Å²) in [5, 5.41) is 11.7. The molecule has 0 bridgehead atoms. The van der Waals surface area contributed by atoms with Gasteiger partial charge in [-0.2, -0.15) is 11.8 Å². The predicted octanol–water partition coefficient (Wildman–Crippen LogP) is 1.19. The summed E-state index contributed by atoms with van der Waals surface area (Å²) in [6.45, 7) is 2.81. The van der Waals surface area contributed by atoms with Crippen LogP contribution in [0.25, 0.3) is 0 Å². The molecule has 0 aliphatic carbocycles. The maximum Gasteiger partial charge on any atom is 0.320 e. The van der Waals surface area contributed by atoms with Gasteiger partial charge < -0.3 is 10.4 Å². The maximum atomic E-state index is 10.6. The first-order chi connectivity index (χ1) is 5.72. The number of hydrogen-bond acceptors (Lipinski definition) is 3. The molecular formula is C8H17NO2S. The summed E-state index contributed by atoms with van der Waals surface area (Å²) >= 11 is 1.68. The van der Waals surface area contributed by atoms with Crippen LogP contribution in [0.15, 0.2) is 0 Å². The molecular weight excluding hydrogens is 174 g/mol. The quantitative estimate of drug-likeness (QED) is 0.634. The fraction of sp³-hybridized carbons (Fsp3) is 0.875. The molecule has 0 radical (unpaired) electrons. The van der Waals surface area contributed by atoms with Crippen molar-refractivity contribution in [1.82, 2.24) is 5.32 Å². The Kier molecular flexibility index (Phi) is 7.29. The summed E-state index contributed by atoms with van der Waals surface area (Å²) in [7, 11) is 0. The Labute approximate surface area is 77.9 Å². The Morgan fingerprint density at radius 2 is 2.33 bits per heavy atom. The number of carbonyl (C=O) groups is 1. The molecule has 0 unspecified atom stereocenters. The molecule has 1 atom stereocenters. The third-order valence-corrected chi connectivity index (χ3v) is 2.19. The molecule has 2 N–H and O–H groups in total. The average Bonchev–Trinajstić information content (AvgIpc) is 2.04. The number of carboxylic acid groups (broad SMARTS) is 1. The molecule has 0 saturated heterocycles. The molecule has 0 fully saturated rings. The SMILES string of the molecule is CCCN[C@@H](CCSC)C(=O)O. The largest absolute Gasteiger partial charge is 0.480 e. The molecule has 0 saturated carbocycles. The van der Waals surface area contributed by atoms with Gasteiger partial charge in [0.1, 0.15) is 6.04 Å². The molecule has 0 heterocycles. The first-order valence-electron chi connectivity index (χ1n) is 4.17. The van der Waals surface area contributed by atoms with E-state index in [-0.39, 0.29) is 6.04 Å². The minimum Gasteiger partial charge on any atom is -0.480 e. The smallest absolute Gasteiger partial charge is 0.320 e. The standard InChI is InChI=1S/C8H17NO2S/c1-3-5-9-7(8(10)11)4-6-12-2/h7,9H,3-6H2,1-2H3,(H,10,11)/t7-/m0/s1. The lowest BCUT2D eigenvalue weighted by atomic mass is 10.2. The third-order valence-electron chi connectivity index (χ3n) is 1.55. The summed E-state index contributed by atoms with van der Waals surface area (Å²) in [4.78, 5) is 10.6. The molecule has 0 spiro atoms. The van der Waals surface area contributed by atoms with Crippen LogP contribution in [0.1, 0.15) is 19.8 Å². The Bertz CT molecular complexity index is 122. The fourth-order valence-corrected chi connectivity index (χ4v) is 1.34. The molecule has 0 aromatic carbocycles. The normalized spacial score (nSPS) is 12.8. The van der Waals surface area contributed by atoms with Crippen molar-refractivity contribution < 1.29 is 9.90 Å². The van der Waals surface area contributed by atoms with E-state index < -0.39 is 5.97 Å². The highest BCUT2D eigenvalue weighted by Crippen LogP contribution is 2.00. The second-order valence-corrected chi connectivity index (χ2v) is 3.61. The fourth-order valence-electron chi connectivity index (χ4n) is 0.867. The van der Waals surface area contributed by atoms with E-state index in [0.717, 1.165) is 18.7 Å². The molecule has 0 rings (SSSR count). The number of hydrogen-bond donors (Lipinski definition) is 2. The van der Waals surface area contributed by atoms with E-state index >= 15 is 0 Å². The lowest BCUT2D eigenvalue weighted by Crippen LogP contribution is -2.37. The van der Waals surface area contributed by atoms with Crippen molar-refractivity contribution in [2.24, 2.45) is 0 Å². The highest BCUT2D eigenvalue weighted by molar-refractivity contribution is 7.98. The van der Waals surface area contributed by atoms with E-state index in [1.165, 1.54) is 0 Å². The van der Waals surface area contributed by atoms with Crippen LogP contribution < -0.4 is 5.32 Å². The van der Waals surface area contributed by atoms with Crippen LogP contribution in [-0.2, 0) is 4.79 Å². The molecule has 12 heavy (non-hydrogen) atoms. The van der Waals surface area contributed by atoms with E-state index in [2.05, 4.69) is 5.32 Å². The first kappa shape index (κ1) is 11.8. The van der Waals surface area contributed by atoms with Crippen LogP contribution in [0, 0.1) is 0 Å². The maximum absolute atomic E-state index is 10.6. The molecule has 0 aliphatic heterocycles. The molecule has 0 amide bonds. The topological polar surface area (TPSA) is 49.3 Å². The Balaban J connectivity index is 3.62. The van der Waals surface area contributed by atoms with Crippen molar-refractivity contribution >= 4 is 17.7 Å². The van der Waals surface area contributed by atoms with Crippen LogP contribution in [0.4, 0.5) is 0 Å². The molecule has 72 valence electrons. The monoisotopic (exact) mass is 191 g/mol. The lowest BCUT2D eigenvalue weighted by Gasteiger charge is -2.12. The van der Waals surface area contributed by atoms with Gasteiger partial charge in [-0.3, -0.25) is 4.79 Å². The Morgan fingerprint density at radius 3 is 2.75 bits per heavy atom. The molecule has 3 nitrogen and oxygen atoms in total. The summed E-state index contributed by atoms with van der Waals surface area (Å²) in [5.74, 6) is 0.158. The van der Waals surface area contributed by atoms with Crippen molar-refractivity contribution in [3.05, 3.63) is 0 Å². The summed E-state index contributed by atoms with van der Waals surface area (Å²) in [6, 6.07) is -0.364. The minimum atomic E-state index is -0.738. The van der Waals surface area contributed by atoms with Gasteiger partial charge in [-0.25, -0.2) is 0 Å². The second-order valence-electron chi connectivity index (χ2n) is 2.63. The van der Waals surface area contributed by atoms with E-state index in [1.54, 1.807) is 11.8 Å². The van der Waals surface area contributed by atoms with Crippen molar-refractivity contribution in [2.45, 2.75) is 25.8 Å². The number of aliphatic carboxylic acids is 1. The van der Waals surface area contributed by atoms with Crippen molar-refractivity contribution in [2.75, 3.05) is 18.6 Å². The van der Waals surface area contributed by atoms with E-state index in [9.17, 15) is 4.79 Å². The number of rotatable bonds is 7. The zero-order valence-corrected chi connectivity index (χ0v) is 8.49. The van der Waals surface area contributed by atoms with Gasteiger partial charge in [0.25, 0.3) is 0 Å². The predicted molar refractivity (Wildman–Crippen MR) is 52.7 cm³/mol. The molecule has 0 aromatic heterocycles. The van der Waals surface area contributed by atoms with Gasteiger partial charge in [-0.15, -0.1) is 0 Å². The lowest BCUT2D eigenvalue weighted by molar-refractivity contribution is -0.139. The highest BCUT2D eigenvalue weighted by Gasteiger charge is 2.14. The number of carboxylic acids is 1.